The van der Waals surface area contributed by atoms with E-state index in [0.29, 0.717) is 5.75 Å². The van der Waals surface area contributed by atoms with E-state index in [1.54, 1.807) is 0 Å². The van der Waals surface area contributed by atoms with Crippen LogP contribution in [0.15, 0.2) is 18.2 Å². The molecule has 1 aromatic rings. The number of hydrogen-bond donors (Lipinski definition) is 1. The van der Waals surface area contributed by atoms with E-state index in [4.69, 9.17) is 10.5 Å². The zero-order chi connectivity index (χ0) is 13.0. The van der Waals surface area contributed by atoms with Crippen molar-refractivity contribution in [1.82, 2.24) is 0 Å². The molecule has 0 aliphatic heterocycles. The molecule has 1 unspecified atom stereocenters. The van der Waals surface area contributed by atoms with Crippen molar-refractivity contribution in [2.24, 2.45) is 17.6 Å². The number of carbonyl (C=O) groups is 1. The fourth-order valence-electron chi connectivity index (χ4n) is 1.75. The number of rotatable bonds is 5. The van der Waals surface area contributed by atoms with Crippen LogP contribution in [-0.2, 0) is 0 Å². The largest absolute Gasteiger partial charge is 0.496 e. The monoisotopic (exact) mass is 239 g/mol. The molecule has 94 valence electrons. The average Bonchev–Trinajstić information content (AvgIpc) is 2.29. The molecule has 1 rings (SSSR count). The predicted molar refractivity (Wildman–Crippen MR) is 64.7 cm³/mol. The van der Waals surface area contributed by atoms with Crippen LogP contribution in [0.2, 0.25) is 0 Å². The predicted octanol–water partition coefficient (Wildman–Crippen LogP) is 2.25. The molecule has 0 aliphatic carbocycles. The summed E-state index contributed by atoms with van der Waals surface area (Å²) in [6, 6.07) is 3.92. The summed E-state index contributed by atoms with van der Waals surface area (Å²) in [6.07, 6.45) is 0. The van der Waals surface area contributed by atoms with Gasteiger partial charge in [0, 0.05) is 12.5 Å². The Bertz CT molecular complexity index is 404. The van der Waals surface area contributed by atoms with Gasteiger partial charge in [-0.3, -0.25) is 4.79 Å². The van der Waals surface area contributed by atoms with Gasteiger partial charge in [-0.2, -0.15) is 0 Å². The smallest absolute Gasteiger partial charge is 0.171 e. The summed E-state index contributed by atoms with van der Waals surface area (Å²) in [4.78, 5) is 12.2. The van der Waals surface area contributed by atoms with Gasteiger partial charge >= 0.3 is 0 Å². The van der Waals surface area contributed by atoms with E-state index in [1.807, 2.05) is 13.8 Å². The summed E-state index contributed by atoms with van der Waals surface area (Å²) in [5.41, 5.74) is 5.85. The van der Waals surface area contributed by atoms with Crippen molar-refractivity contribution in [3.05, 3.63) is 29.6 Å². The van der Waals surface area contributed by atoms with Gasteiger partial charge in [-0.05, 0) is 24.1 Å². The molecule has 0 bridgehead atoms. The van der Waals surface area contributed by atoms with Gasteiger partial charge in [-0.1, -0.05) is 13.8 Å². The average molecular weight is 239 g/mol. The number of carbonyl (C=O) groups excluding carboxylic acids is 1. The Morgan fingerprint density at radius 3 is 2.59 bits per heavy atom. The zero-order valence-electron chi connectivity index (χ0n) is 10.4. The summed E-state index contributed by atoms with van der Waals surface area (Å²) in [5, 5.41) is 0. The highest BCUT2D eigenvalue weighted by Gasteiger charge is 2.24. The van der Waals surface area contributed by atoms with Crippen molar-refractivity contribution >= 4 is 5.78 Å². The summed E-state index contributed by atoms with van der Waals surface area (Å²) in [7, 11) is 1.46. The minimum atomic E-state index is -0.450. The first-order valence-electron chi connectivity index (χ1n) is 5.59. The van der Waals surface area contributed by atoms with Gasteiger partial charge in [0.15, 0.2) is 5.78 Å². The Morgan fingerprint density at radius 1 is 1.47 bits per heavy atom. The number of halogens is 1. The van der Waals surface area contributed by atoms with Crippen LogP contribution >= 0.6 is 0 Å². The van der Waals surface area contributed by atoms with Crippen molar-refractivity contribution in [2.75, 3.05) is 13.7 Å². The van der Waals surface area contributed by atoms with Crippen LogP contribution in [0.4, 0.5) is 4.39 Å². The fourth-order valence-corrected chi connectivity index (χ4v) is 1.75. The van der Waals surface area contributed by atoms with Crippen molar-refractivity contribution in [3.63, 3.8) is 0 Å². The van der Waals surface area contributed by atoms with Crippen LogP contribution in [0.25, 0.3) is 0 Å². The molecule has 1 atom stereocenters. The van der Waals surface area contributed by atoms with Gasteiger partial charge in [0.05, 0.1) is 12.7 Å². The third kappa shape index (κ3) is 3.03. The van der Waals surface area contributed by atoms with Crippen molar-refractivity contribution in [2.45, 2.75) is 13.8 Å². The number of methoxy groups -OCH3 is 1. The van der Waals surface area contributed by atoms with E-state index in [-0.39, 0.29) is 29.7 Å². The molecule has 0 spiro atoms. The lowest BCUT2D eigenvalue weighted by atomic mass is 9.87. The van der Waals surface area contributed by atoms with Crippen LogP contribution in [0.1, 0.15) is 24.2 Å². The SMILES string of the molecule is COc1ccc(F)cc1C(=O)C(CN)C(C)C. The van der Waals surface area contributed by atoms with E-state index < -0.39 is 5.82 Å². The zero-order valence-corrected chi connectivity index (χ0v) is 10.4. The van der Waals surface area contributed by atoms with E-state index in [9.17, 15) is 9.18 Å². The highest BCUT2D eigenvalue weighted by atomic mass is 19.1. The molecule has 0 aromatic heterocycles. The maximum atomic E-state index is 13.2. The minimum absolute atomic E-state index is 0.112. The molecular formula is C13H18FNO2. The van der Waals surface area contributed by atoms with Gasteiger partial charge in [0.25, 0.3) is 0 Å². The first-order valence-corrected chi connectivity index (χ1v) is 5.59. The maximum Gasteiger partial charge on any atom is 0.171 e. The van der Waals surface area contributed by atoms with Gasteiger partial charge in [0.1, 0.15) is 11.6 Å². The molecule has 4 heteroatoms. The van der Waals surface area contributed by atoms with Crippen LogP contribution in [-0.4, -0.2) is 19.4 Å². The molecular weight excluding hydrogens is 221 g/mol. The molecule has 2 N–H and O–H groups in total. The van der Waals surface area contributed by atoms with Crippen LogP contribution in [0, 0.1) is 17.7 Å². The van der Waals surface area contributed by atoms with Crippen molar-refractivity contribution < 1.29 is 13.9 Å². The second-order valence-electron chi connectivity index (χ2n) is 4.30. The minimum Gasteiger partial charge on any atom is -0.496 e. The number of nitrogens with two attached hydrogens (primary N) is 1. The maximum absolute atomic E-state index is 13.2. The fraction of sp³-hybridized carbons (Fsp3) is 0.462. The highest BCUT2D eigenvalue weighted by molar-refractivity contribution is 6.00. The van der Waals surface area contributed by atoms with E-state index in [2.05, 4.69) is 0 Å². The van der Waals surface area contributed by atoms with Gasteiger partial charge in [0.2, 0.25) is 0 Å². The molecule has 1 aromatic carbocycles. The Hall–Kier alpha value is -1.42. The Balaban J connectivity index is 3.13. The molecule has 0 amide bonds. The van der Waals surface area contributed by atoms with Crippen LogP contribution in [0.5, 0.6) is 5.75 Å². The molecule has 0 aliphatic rings. The third-order valence-corrected chi connectivity index (χ3v) is 2.82. The molecule has 17 heavy (non-hydrogen) atoms. The number of ether oxygens (including phenoxy) is 1. The normalized spacial score (nSPS) is 12.6. The lowest BCUT2D eigenvalue weighted by molar-refractivity contribution is 0.0888. The molecule has 0 saturated heterocycles. The molecule has 0 saturated carbocycles. The molecule has 0 radical (unpaired) electrons. The topological polar surface area (TPSA) is 52.3 Å². The lowest BCUT2D eigenvalue weighted by Crippen LogP contribution is -2.28. The number of ketones is 1. The second-order valence-corrected chi connectivity index (χ2v) is 4.30. The number of benzene rings is 1. The van der Waals surface area contributed by atoms with E-state index in [0.717, 1.165) is 0 Å². The summed E-state index contributed by atoms with van der Waals surface area (Å²) >= 11 is 0. The standard InChI is InChI=1S/C13H18FNO2/c1-8(2)11(7-15)13(16)10-6-9(14)4-5-12(10)17-3/h4-6,8,11H,7,15H2,1-3H3. The van der Waals surface area contributed by atoms with E-state index >= 15 is 0 Å². The molecule has 0 fully saturated rings. The van der Waals surface area contributed by atoms with Gasteiger partial charge in [-0.25, -0.2) is 4.39 Å². The quantitative estimate of drug-likeness (QED) is 0.802. The Labute approximate surface area is 101 Å². The summed E-state index contributed by atoms with van der Waals surface area (Å²) < 4.78 is 18.2. The Kier molecular flexibility index (Phi) is 4.63. The molecule has 3 nitrogen and oxygen atoms in total. The number of Topliss-reactive ketones (excluding diaryl/α,β-unsaturated/α-hetero) is 1. The summed E-state index contributed by atoms with van der Waals surface area (Å²) in [5.74, 6) is -0.436. The number of hydrogen-bond acceptors (Lipinski definition) is 3. The second kappa shape index (κ2) is 5.77. The Morgan fingerprint density at radius 2 is 2.12 bits per heavy atom. The lowest BCUT2D eigenvalue weighted by Gasteiger charge is -2.18. The highest BCUT2D eigenvalue weighted by Crippen LogP contribution is 2.25. The van der Waals surface area contributed by atoms with Crippen molar-refractivity contribution in [3.8, 4) is 5.75 Å². The van der Waals surface area contributed by atoms with E-state index in [1.165, 1.54) is 25.3 Å². The molecule has 0 heterocycles. The van der Waals surface area contributed by atoms with Crippen molar-refractivity contribution in [1.29, 1.82) is 0 Å². The van der Waals surface area contributed by atoms with Gasteiger partial charge < -0.3 is 10.5 Å². The third-order valence-electron chi connectivity index (χ3n) is 2.82. The first kappa shape index (κ1) is 13.6. The summed E-state index contributed by atoms with van der Waals surface area (Å²) in [6.45, 7) is 4.08. The van der Waals surface area contributed by atoms with Crippen LogP contribution < -0.4 is 10.5 Å². The van der Waals surface area contributed by atoms with Gasteiger partial charge in [-0.15, -0.1) is 0 Å². The van der Waals surface area contributed by atoms with Crippen LogP contribution in [0.3, 0.4) is 0 Å². The first-order chi connectivity index (χ1) is 8.01.